The molecular weight excluding hydrogens is 562 g/mol. The number of nitrogens with zero attached hydrogens (tertiary/aromatic N) is 6. The molecule has 4 aromatic rings. The van der Waals surface area contributed by atoms with Gasteiger partial charge in [-0.15, -0.1) is 0 Å². The number of hydrogen-bond donors (Lipinski definition) is 2. The lowest BCUT2D eigenvalue weighted by Crippen LogP contribution is -2.47. The normalized spacial score (nSPS) is 13.8. The molecule has 1 aliphatic heterocycles. The van der Waals surface area contributed by atoms with Gasteiger partial charge in [0.1, 0.15) is 23.4 Å². The molecule has 1 atom stereocenters. The molecule has 2 aromatic heterocycles. The van der Waals surface area contributed by atoms with E-state index < -0.39 is 22.8 Å². The van der Waals surface area contributed by atoms with Gasteiger partial charge >= 0.3 is 5.97 Å². The summed E-state index contributed by atoms with van der Waals surface area (Å²) >= 11 is 5.94. The van der Waals surface area contributed by atoms with E-state index in [1.807, 2.05) is 23.1 Å². The Morgan fingerprint density at radius 3 is 2.21 bits per heavy atom. The third-order valence-electron chi connectivity index (χ3n) is 6.82. The summed E-state index contributed by atoms with van der Waals surface area (Å²) in [6, 6.07) is 18.4. The molecule has 0 aliphatic carbocycles. The second-order valence-electron chi connectivity index (χ2n) is 9.60. The summed E-state index contributed by atoms with van der Waals surface area (Å²) in [6.07, 6.45) is 1.78. The van der Waals surface area contributed by atoms with Crippen molar-refractivity contribution < 1.29 is 19.6 Å². The third kappa shape index (κ3) is 6.78. The van der Waals surface area contributed by atoms with Crippen molar-refractivity contribution in [3.8, 4) is 11.4 Å². The zero-order valence-electron chi connectivity index (χ0n) is 22.3. The van der Waals surface area contributed by atoms with Crippen LogP contribution in [0.5, 0.6) is 0 Å². The highest BCUT2D eigenvalue weighted by Crippen LogP contribution is 2.24. The molecule has 0 radical (unpaired) electrons. The van der Waals surface area contributed by atoms with E-state index in [2.05, 4.69) is 25.2 Å². The first-order valence-electron chi connectivity index (χ1n) is 13.1. The van der Waals surface area contributed by atoms with Crippen molar-refractivity contribution in [2.45, 2.75) is 12.5 Å². The van der Waals surface area contributed by atoms with Crippen molar-refractivity contribution in [2.24, 2.45) is 0 Å². The highest BCUT2D eigenvalue weighted by atomic mass is 35.5. The maximum atomic E-state index is 13.4. The largest absolute Gasteiger partial charge is 0.480 e. The Morgan fingerprint density at radius 1 is 0.952 bits per heavy atom. The van der Waals surface area contributed by atoms with Gasteiger partial charge in [-0.1, -0.05) is 29.8 Å². The minimum Gasteiger partial charge on any atom is -0.480 e. The standard InChI is InChI=1S/C29H26ClN7O5/c30-21-8-4-19(5-9-21)17-24(29(39)40)33-28(38)23-18-26(34-27(32-23)20-6-10-22(11-7-20)37(41)42)36-15-13-35(14-16-36)25-3-1-2-12-31-25/h1-12,18,24H,13-17H2,(H,33,38)(H,39,40). The summed E-state index contributed by atoms with van der Waals surface area (Å²) in [5, 5.41) is 24.0. The van der Waals surface area contributed by atoms with Gasteiger partial charge in [0.15, 0.2) is 5.82 Å². The fourth-order valence-corrected chi connectivity index (χ4v) is 4.69. The summed E-state index contributed by atoms with van der Waals surface area (Å²) < 4.78 is 0. The molecule has 1 aliphatic rings. The van der Waals surface area contributed by atoms with Crippen molar-refractivity contribution in [3.63, 3.8) is 0 Å². The molecule has 5 rings (SSSR count). The van der Waals surface area contributed by atoms with Crippen LogP contribution in [0.25, 0.3) is 11.4 Å². The molecule has 1 unspecified atom stereocenters. The fraction of sp³-hybridized carbons (Fsp3) is 0.207. The first-order valence-corrected chi connectivity index (χ1v) is 13.5. The zero-order valence-corrected chi connectivity index (χ0v) is 23.0. The lowest BCUT2D eigenvalue weighted by Gasteiger charge is -2.36. The van der Waals surface area contributed by atoms with Gasteiger partial charge < -0.3 is 20.2 Å². The minimum atomic E-state index is -1.22. The van der Waals surface area contributed by atoms with E-state index in [-0.39, 0.29) is 23.6 Å². The van der Waals surface area contributed by atoms with Crippen LogP contribution in [0.4, 0.5) is 17.3 Å². The molecule has 42 heavy (non-hydrogen) atoms. The van der Waals surface area contributed by atoms with Crippen molar-refractivity contribution in [1.29, 1.82) is 0 Å². The zero-order chi connectivity index (χ0) is 29.6. The second-order valence-corrected chi connectivity index (χ2v) is 10.0. The van der Waals surface area contributed by atoms with Crippen molar-refractivity contribution in [2.75, 3.05) is 36.0 Å². The van der Waals surface area contributed by atoms with Gasteiger partial charge in [0.05, 0.1) is 4.92 Å². The number of aromatic nitrogens is 3. The first-order chi connectivity index (χ1) is 20.3. The smallest absolute Gasteiger partial charge is 0.326 e. The SMILES string of the molecule is O=C(NC(Cc1ccc(Cl)cc1)C(=O)O)c1cc(N2CCN(c3ccccn3)CC2)nc(-c2ccc([N+](=O)[O-])cc2)n1. The number of non-ortho nitro benzene ring substituents is 1. The lowest BCUT2D eigenvalue weighted by atomic mass is 10.1. The van der Waals surface area contributed by atoms with Crippen LogP contribution < -0.4 is 15.1 Å². The van der Waals surface area contributed by atoms with Crippen LogP contribution in [0.2, 0.25) is 5.02 Å². The summed E-state index contributed by atoms with van der Waals surface area (Å²) in [5.74, 6) is -0.353. The lowest BCUT2D eigenvalue weighted by molar-refractivity contribution is -0.384. The van der Waals surface area contributed by atoms with E-state index in [4.69, 9.17) is 11.6 Å². The van der Waals surface area contributed by atoms with E-state index in [9.17, 15) is 24.8 Å². The highest BCUT2D eigenvalue weighted by Gasteiger charge is 2.25. The number of piperazine rings is 1. The van der Waals surface area contributed by atoms with Gasteiger partial charge in [-0.25, -0.2) is 19.7 Å². The number of carbonyl (C=O) groups excluding carboxylic acids is 1. The van der Waals surface area contributed by atoms with Crippen LogP contribution in [-0.2, 0) is 11.2 Å². The Kier molecular flexibility index (Phi) is 8.53. The number of nitrogens with one attached hydrogen (secondary N) is 1. The molecule has 13 heteroatoms. The second kappa shape index (κ2) is 12.6. The predicted molar refractivity (Wildman–Crippen MR) is 157 cm³/mol. The molecule has 0 spiro atoms. The maximum Gasteiger partial charge on any atom is 0.326 e. The molecule has 12 nitrogen and oxygen atoms in total. The van der Waals surface area contributed by atoms with Crippen LogP contribution in [0, 0.1) is 10.1 Å². The summed E-state index contributed by atoms with van der Waals surface area (Å²) in [5.41, 5.74) is 1.04. The molecule has 2 aromatic carbocycles. The number of amides is 1. The van der Waals surface area contributed by atoms with Crippen LogP contribution in [0.3, 0.4) is 0 Å². The van der Waals surface area contributed by atoms with Gasteiger partial charge in [0.25, 0.3) is 11.6 Å². The topological polar surface area (TPSA) is 155 Å². The van der Waals surface area contributed by atoms with Crippen LogP contribution in [0.1, 0.15) is 16.1 Å². The Balaban J connectivity index is 1.42. The summed E-state index contributed by atoms with van der Waals surface area (Å²) in [7, 11) is 0. The maximum absolute atomic E-state index is 13.4. The molecule has 0 saturated carbocycles. The van der Waals surface area contributed by atoms with Crippen molar-refractivity contribution in [1.82, 2.24) is 20.3 Å². The number of halogens is 1. The Morgan fingerprint density at radius 2 is 1.62 bits per heavy atom. The molecular formula is C29H26ClN7O5. The Bertz CT molecular complexity index is 1580. The summed E-state index contributed by atoms with van der Waals surface area (Å²) in [6.45, 7) is 2.50. The number of benzene rings is 2. The minimum absolute atomic E-state index is 0.0251. The third-order valence-corrected chi connectivity index (χ3v) is 7.07. The number of pyridine rings is 1. The number of carboxylic acid groups (broad SMARTS) is 1. The van der Waals surface area contributed by atoms with E-state index >= 15 is 0 Å². The predicted octanol–water partition coefficient (Wildman–Crippen LogP) is 3.85. The quantitative estimate of drug-likeness (QED) is 0.218. The van der Waals surface area contributed by atoms with E-state index in [1.54, 1.807) is 30.5 Å². The van der Waals surface area contributed by atoms with Crippen molar-refractivity contribution >= 4 is 40.8 Å². The monoisotopic (exact) mass is 587 g/mol. The van der Waals surface area contributed by atoms with Crippen molar-refractivity contribution in [3.05, 3.63) is 105 Å². The first kappa shape index (κ1) is 28.4. The summed E-state index contributed by atoms with van der Waals surface area (Å²) in [4.78, 5) is 53.7. The molecule has 2 N–H and O–H groups in total. The molecule has 0 bridgehead atoms. The molecule has 1 amide bonds. The van der Waals surface area contributed by atoms with Gasteiger partial charge in [-0.2, -0.15) is 0 Å². The van der Waals surface area contributed by atoms with E-state index in [0.717, 1.165) is 5.82 Å². The number of nitro groups is 1. The number of carboxylic acids is 1. The van der Waals surface area contributed by atoms with Gasteiger partial charge in [-0.3, -0.25) is 14.9 Å². The average Bonchev–Trinajstić information content (AvgIpc) is 3.02. The van der Waals surface area contributed by atoms with E-state index in [0.29, 0.717) is 48.1 Å². The van der Waals surface area contributed by atoms with Gasteiger partial charge in [0, 0.05) is 67.6 Å². The molecule has 214 valence electrons. The number of hydrogen-bond acceptors (Lipinski definition) is 9. The molecule has 1 fully saturated rings. The Labute approximate surface area is 245 Å². The molecule has 3 heterocycles. The van der Waals surface area contributed by atoms with E-state index in [1.165, 1.54) is 30.3 Å². The Hall–Kier alpha value is -5.10. The average molecular weight is 588 g/mol. The fourth-order valence-electron chi connectivity index (χ4n) is 4.57. The number of aliphatic carboxylic acids is 1. The molecule has 1 saturated heterocycles. The van der Waals surface area contributed by atoms with Gasteiger partial charge in [0.2, 0.25) is 0 Å². The highest BCUT2D eigenvalue weighted by molar-refractivity contribution is 6.30. The van der Waals surface area contributed by atoms with Gasteiger partial charge in [-0.05, 0) is 42.0 Å². The number of nitro benzene ring substituents is 1. The van der Waals surface area contributed by atoms with Crippen LogP contribution in [-0.4, -0.2) is 69.1 Å². The van der Waals surface area contributed by atoms with Crippen LogP contribution >= 0.6 is 11.6 Å². The number of rotatable bonds is 9. The van der Waals surface area contributed by atoms with Crippen LogP contribution in [0.15, 0.2) is 79.0 Å². The number of carbonyl (C=O) groups is 2. The number of anilines is 2.